The fourth-order valence-electron chi connectivity index (χ4n) is 12.0. The third-order valence-corrected chi connectivity index (χ3v) is 15.6. The third-order valence-electron chi connectivity index (χ3n) is 15.6. The highest BCUT2D eigenvalue weighted by molar-refractivity contribution is 7.00. The molecule has 81 heavy (non-hydrogen) atoms. The van der Waals surface area contributed by atoms with E-state index in [2.05, 4.69) is 0 Å². The van der Waals surface area contributed by atoms with Crippen molar-refractivity contribution in [3.63, 3.8) is 0 Å². The highest BCUT2D eigenvalue weighted by Crippen LogP contribution is 2.52. The van der Waals surface area contributed by atoms with Crippen LogP contribution < -0.4 is 26.2 Å². The Labute approximate surface area is 503 Å². The number of hydrogen-bond donors (Lipinski definition) is 0. The van der Waals surface area contributed by atoms with Gasteiger partial charge < -0.3 is 18.9 Å². The van der Waals surface area contributed by atoms with E-state index >= 15 is 0 Å². The molecule has 0 atom stereocenters. The Hall–Kier alpha value is -10.1. The van der Waals surface area contributed by atoms with Crippen molar-refractivity contribution in [1.29, 1.82) is 0 Å². The van der Waals surface area contributed by atoms with Gasteiger partial charge in [0.2, 0.25) is 0 Å². The van der Waals surface area contributed by atoms with Gasteiger partial charge in [-0.2, -0.15) is 0 Å². The van der Waals surface area contributed by atoms with Crippen LogP contribution in [-0.4, -0.2) is 15.8 Å². The van der Waals surface area contributed by atoms with Crippen LogP contribution in [0.4, 0.5) is 34.1 Å². The molecule has 5 heteroatoms. The summed E-state index contributed by atoms with van der Waals surface area (Å²) in [5, 5.41) is -1.36. The SMILES string of the molecule is [2H]c1c([2H])c(-n2c3c([2H])c([2H])c([2H])c([2H])c3c3c([2H])c([2H])c([2H])c([2H])c32)c([2H])c2c1B1c3c(cc(C(C)(C)C)cc3N(c3c(-c4ccccc4)cccc3-c3ccccc3)c3c([2H])c(-n4c5c([2H])c([2H])c([2H])c([2H])c5c5c([2H])c([2H])c([2H])c([2H])c54)c([2H])c([2H])c31)N2c1ccccc1-c1ccccc1. The molecule has 16 rings (SSSR count). The summed E-state index contributed by atoms with van der Waals surface area (Å²) < 4.78 is 216. The van der Waals surface area contributed by atoms with E-state index in [1.165, 1.54) is 0 Å². The maximum Gasteiger partial charge on any atom is 0.252 e. The van der Waals surface area contributed by atoms with Crippen LogP contribution in [0.1, 0.15) is 56.5 Å². The molecular formula is C76H55BN4. The lowest BCUT2D eigenvalue weighted by Gasteiger charge is -2.46. The minimum Gasteiger partial charge on any atom is -0.311 e. The molecule has 0 radical (unpaired) electrons. The van der Waals surface area contributed by atoms with E-state index in [0.717, 1.165) is 9.13 Å². The number of benzene rings is 12. The number of nitrogens with zero attached hydrogens (tertiary/aromatic N) is 4. The molecule has 4 nitrogen and oxygen atoms in total. The number of anilines is 6. The van der Waals surface area contributed by atoms with E-state index in [0.29, 0.717) is 67.2 Å². The van der Waals surface area contributed by atoms with Crippen molar-refractivity contribution < 1.29 is 30.2 Å². The van der Waals surface area contributed by atoms with E-state index < -0.39 is 179 Å². The first-order valence-electron chi connectivity index (χ1n) is 37.5. The van der Waals surface area contributed by atoms with Crippen LogP contribution in [-0.2, 0) is 5.41 Å². The maximum absolute atomic E-state index is 11.3. The number of fused-ring (bicyclic) bond motifs is 10. The summed E-state index contributed by atoms with van der Waals surface area (Å²) in [6, 6.07) is 29.6. The molecule has 0 saturated carbocycles. The Morgan fingerprint density at radius 1 is 0.358 bits per heavy atom. The summed E-state index contributed by atoms with van der Waals surface area (Å²) in [5.41, 5.74) is 2.19. The van der Waals surface area contributed by atoms with Crippen molar-refractivity contribution in [3.05, 3.63) is 284 Å². The molecule has 12 aromatic carbocycles. The molecule has 2 aliphatic heterocycles. The maximum atomic E-state index is 11.3. The zero-order chi connectivity index (χ0) is 73.1. The van der Waals surface area contributed by atoms with Crippen molar-refractivity contribution in [2.45, 2.75) is 26.2 Å². The second-order valence-corrected chi connectivity index (χ2v) is 21.1. The summed E-state index contributed by atoms with van der Waals surface area (Å²) in [7, 11) is 0. The molecule has 0 aliphatic carbocycles. The quantitative estimate of drug-likeness (QED) is 0.148. The average molecular weight is 1060 g/mol. The van der Waals surface area contributed by atoms with Gasteiger partial charge in [-0.25, -0.2) is 0 Å². The Morgan fingerprint density at radius 2 is 0.741 bits per heavy atom. The van der Waals surface area contributed by atoms with Gasteiger partial charge in [-0.1, -0.05) is 233 Å². The largest absolute Gasteiger partial charge is 0.311 e. The zero-order valence-corrected chi connectivity index (χ0v) is 43.7. The van der Waals surface area contributed by atoms with Gasteiger partial charge in [0.25, 0.3) is 6.71 Å². The summed E-state index contributed by atoms with van der Waals surface area (Å²) in [6.45, 7) is 4.42. The molecule has 382 valence electrons. The first-order valence-corrected chi connectivity index (χ1v) is 26.5. The molecule has 0 saturated heterocycles. The highest BCUT2D eigenvalue weighted by Gasteiger charge is 2.45. The van der Waals surface area contributed by atoms with Crippen molar-refractivity contribution in [2.75, 3.05) is 9.80 Å². The van der Waals surface area contributed by atoms with Crippen molar-refractivity contribution >= 4 is 101 Å². The molecule has 0 amide bonds. The van der Waals surface area contributed by atoms with Gasteiger partial charge in [0.1, 0.15) is 0 Å². The summed E-state index contributed by atoms with van der Waals surface area (Å²) in [5.74, 6) is 0. The second kappa shape index (κ2) is 18.2. The molecule has 4 heterocycles. The topological polar surface area (TPSA) is 16.3 Å². The standard InChI is InChI=1S/C76H55BN4/c1-76(2,3)53-46-72-74-73(47-53)81(75-57(51-26-9-5-10-27-51)35-23-36-58(75)52-28-11-6-12-29-52)71-49-55(79-68-40-21-16-33-61(68)62-34-17-22-41-69(62)79)43-45-64(71)77(74)63-44-42-54(78-66-38-19-14-31-59(66)60-32-15-20-39-67(60)78)48-70(63)80(72)65-37-18-13-30-56(65)50-24-7-4-8-25-50/h4-49H,1-3H3/i14D,15D,16D,17D,19D,20D,21D,22D,31D,32D,33D,34D,38D,39D,40D,41D,42D,43D,44D,45D,48D,49D. The first kappa shape index (κ1) is 29.8. The van der Waals surface area contributed by atoms with E-state index in [1.807, 2.05) is 165 Å². The van der Waals surface area contributed by atoms with Gasteiger partial charge in [-0.3, -0.25) is 0 Å². The van der Waals surface area contributed by atoms with Crippen LogP contribution >= 0.6 is 0 Å². The lowest BCUT2D eigenvalue weighted by molar-refractivity contribution is 0.590. The van der Waals surface area contributed by atoms with Crippen molar-refractivity contribution in [1.82, 2.24) is 9.13 Å². The van der Waals surface area contributed by atoms with Crippen LogP contribution in [0.5, 0.6) is 0 Å². The molecule has 0 unspecified atom stereocenters. The predicted octanol–water partition coefficient (Wildman–Crippen LogP) is 18.3. The van der Waals surface area contributed by atoms with Crippen LogP contribution in [0.25, 0.3) is 88.4 Å². The van der Waals surface area contributed by atoms with E-state index in [-0.39, 0.29) is 43.8 Å². The molecule has 0 spiro atoms. The van der Waals surface area contributed by atoms with Crippen LogP contribution in [0.3, 0.4) is 0 Å². The Bertz CT molecular complexity index is 5940. The molecule has 2 aliphatic rings. The average Bonchev–Trinajstić information content (AvgIpc) is 1.41. The van der Waals surface area contributed by atoms with Crippen LogP contribution in [0, 0.1) is 0 Å². The van der Waals surface area contributed by atoms with Crippen LogP contribution in [0.2, 0.25) is 0 Å². The molecule has 0 bridgehead atoms. The Balaban J connectivity index is 1.17. The molecule has 2 aromatic heterocycles. The summed E-state index contributed by atoms with van der Waals surface area (Å²) in [4.78, 5) is 3.62. The van der Waals surface area contributed by atoms with Gasteiger partial charge >= 0.3 is 0 Å². The molecule has 14 aromatic rings. The fraction of sp³-hybridized carbons (Fsp3) is 0.0526. The minimum absolute atomic E-state index is 0.135. The number of rotatable bonds is 7. The predicted molar refractivity (Wildman–Crippen MR) is 344 cm³/mol. The van der Waals surface area contributed by atoms with E-state index in [4.69, 9.17) is 11.0 Å². The van der Waals surface area contributed by atoms with Gasteiger partial charge in [0, 0.05) is 72.4 Å². The van der Waals surface area contributed by atoms with Gasteiger partial charge in [0.05, 0.1) is 63.6 Å². The summed E-state index contributed by atoms with van der Waals surface area (Å²) in [6.07, 6.45) is 0. The first-order chi connectivity index (χ1) is 49.0. The summed E-state index contributed by atoms with van der Waals surface area (Å²) >= 11 is 0. The molecular weight excluding hydrogens is 980 g/mol. The lowest BCUT2D eigenvalue weighted by Crippen LogP contribution is -2.61. The van der Waals surface area contributed by atoms with Gasteiger partial charge in [-0.05, 0) is 111 Å². The second-order valence-electron chi connectivity index (χ2n) is 21.1. The van der Waals surface area contributed by atoms with Gasteiger partial charge in [0.15, 0.2) is 0 Å². The van der Waals surface area contributed by atoms with Crippen molar-refractivity contribution in [3.8, 4) is 44.8 Å². The fourth-order valence-corrected chi connectivity index (χ4v) is 12.0. The zero-order valence-electron chi connectivity index (χ0n) is 65.7. The molecule has 0 fully saturated rings. The Morgan fingerprint density at radius 3 is 1.20 bits per heavy atom. The third kappa shape index (κ3) is 7.25. The lowest BCUT2D eigenvalue weighted by atomic mass is 9.33. The number of para-hydroxylation sites is 6. The highest BCUT2D eigenvalue weighted by atomic mass is 15.2. The Kier molecular flexibility index (Phi) is 6.70. The smallest absolute Gasteiger partial charge is 0.252 e. The van der Waals surface area contributed by atoms with E-state index in [9.17, 15) is 19.2 Å². The normalized spacial score (nSPS) is 16.6. The monoisotopic (exact) mass is 1060 g/mol. The minimum atomic E-state index is -1.56. The molecule has 0 N–H and O–H groups in total. The van der Waals surface area contributed by atoms with E-state index in [1.54, 1.807) is 11.0 Å². The number of aromatic nitrogens is 2. The van der Waals surface area contributed by atoms with Crippen LogP contribution in [0.15, 0.2) is 279 Å². The number of hydrogen-bond acceptors (Lipinski definition) is 2. The van der Waals surface area contributed by atoms with Crippen molar-refractivity contribution in [2.24, 2.45) is 0 Å². The van der Waals surface area contributed by atoms with Gasteiger partial charge in [-0.15, -0.1) is 0 Å².